The van der Waals surface area contributed by atoms with Crippen molar-refractivity contribution in [1.82, 2.24) is 9.62 Å². The van der Waals surface area contributed by atoms with E-state index < -0.39 is 10.0 Å². The molecule has 1 heterocycles. The molecular formula is C23H30N2O5S. The van der Waals surface area contributed by atoms with Crippen LogP contribution in [0.5, 0.6) is 5.75 Å². The zero-order valence-electron chi connectivity index (χ0n) is 18.3. The average Bonchev–Trinajstić information content (AvgIpc) is 2.76. The van der Waals surface area contributed by atoms with Gasteiger partial charge in [-0.2, -0.15) is 4.31 Å². The molecule has 1 saturated heterocycles. The van der Waals surface area contributed by atoms with E-state index >= 15 is 0 Å². The summed E-state index contributed by atoms with van der Waals surface area (Å²) in [6.45, 7) is 7.70. The van der Waals surface area contributed by atoms with Crippen molar-refractivity contribution < 1.29 is 22.7 Å². The standard InChI is InChI=1S/C23H30N2O5S/c1-23(2,3)19-8-6-9-20(15-19)30-17-22(26)24-16-18-7-4-5-10-21(18)31(27,28)25-11-13-29-14-12-25/h4-10,15H,11-14,16-17H2,1-3H3,(H,24,26). The Labute approximate surface area is 184 Å². The first-order chi connectivity index (χ1) is 14.7. The quantitative estimate of drug-likeness (QED) is 0.707. The van der Waals surface area contributed by atoms with Gasteiger partial charge in [0.25, 0.3) is 5.91 Å². The zero-order chi connectivity index (χ0) is 22.5. The molecule has 1 aliphatic rings. The number of hydrogen-bond donors (Lipinski definition) is 1. The summed E-state index contributed by atoms with van der Waals surface area (Å²) in [7, 11) is -3.64. The Bertz CT molecular complexity index is 1010. The zero-order valence-corrected chi connectivity index (χ0v) is 19.1. The molecule has 8 heteroatoms. The summed E-state index contributed by atoms with van der Waals surface area (Å²) < 4.78 is 38.3. The highest BCUT2D eigenvalue weighted by Crippen LogP contribution is 2.25. The second kappa shape index (κ2) is 9.80. The first-order valence-electron chi connectivity index (χ1n) is 10.3. The van der Waals surface area contributed by atoms with Crippen LogP contribution in [0.15, 0.2) is 53.4 Å². The Morgan fingerprint density at radius 3 is 2.52 bits per heavy atom. The molecule has 0 aliphatic carbocycles. The van der Waals surface area contributed by atoms with E-state index in [0.29, 0.717) is 37.6 Å². The molecular weight excluding hydrogens is 416 g/mol. The van der Waals surface area contributed by atoms with Gasteiger partial charge >= 0.3 is 0 Å². The minimum Gasteiger partial charge on any atom is -0.484 e. The van der Waals surface area contributed by atoms with Gasteiger partial charge in [-0.25, -0.2) is 8.42 Å². The first-order valence-corrected chi connectivity index (χ1v) is 11.8. The van der Waals surface area contributed by atoms with Crippen molar-refractivity contribution >= 4 is 15.9 Å². The fraction of sp³-hybridized carbons (Fsp3) is 0.435. The predicted octanol–water partition coefficient (Wildman–Crippen LogP) is 2.70. The molecule has 7 nitrogen and oxygen atoms in total. The van der Waals surface area contributed by atoms with Gasteiger partial charge < -0.3 is 14.8 Å². The predicted molar refractivity (Wildman–Crippen MR) is 119 cm³/mol. The molecule has 2 aromatic rings. The molecule has 31 heavy (non-hydrogen) atoms. The summed E-state index contributed by atoms with van der Waals surface area (Å²) >= 11 is 0. The van der Waals surface area contributed by atoms with Gasteiger partial charge in [0.05, 0.1) is 18.1 Å². The van der Waals surface area contributed by atoms with Crippen LogP contribution >= 0.6 is 0 Å². The highest BCUT2D eigenvalue weighted by atomic mass is 32.2. The molecule has 0 unspecified atom stereocenters. The molecule has 2 aromatic carbocycles. The van der Waals surface area contributed by atoms with Crippen LogP contribution in [-0.4, -0.2) is 51.5 Å². The minimum absolute atomic E-state index is 0.0166. The fourth-order valence-corrected chi connectivity index (χ4v) is 4.90. The van der Waals surface area contributed by atoms with E-state index in [1.165, 1.54) is 4.31 Å². The molecule has 1 aliphatic heterocycles. The number of nitrogens with zero attached hydrogens (tertiary/aromatic N) is 1. The van der Waals surface area contributed by atoms with Crippen molar-refractivity contribution in [2.75, 3.05) is 32.9 Å². The van der Waals surface area contributed by atoms with Crippen molar-refractivity contribution in [2.45, 2.75) is 37.6 Å². The molecule has 1 fully saturated rings. The Morgan fingerprint density at radius 1 is 1.10 bits per heavy atom. The molecule has 3 rings (SSSR count). The average molecular weight is 447 g/mol. The van der Waals surface area contributed by atoms with Crippen LogP contribution in [0.4, 0.5) is 0 Å². The van der Waals surface area contributed by atoms with Gasteiger partial charge in [0.2, 0.25) is 10.0 Å². The third kappa shape index (κ3) is 6.06. The minimum atomic E-state index is -3.64. The molecule has 0 bridgehead atoms. The van der Waals surface area contributed by atoms with E-state index in [4.69, 9.17) is 9.47 Å². The van der Waals surface area contributed by atoms with Crippen LogP contribution in [0.2, 0.25) is 0 Å². The Kier molecular flexibility index (Phi) is 7.35. The number of nitrogens with one attached hydrogen (secondary N) is 1. The van der Waals surface area contributed by atoms with Gasteiger partial charge in [0.1, 0.15) is 5.75 Å². The van der Waals surface area contributed by atoms with Crippen molar-refractivity contribution in [3.8, 4) is 5.75 Å². The Hall–Kier alpha value is -2.42. The Balaban J connectivity index is 1.61. The second-order valence-corrected chi connectivity index (χ2v) is 10.4. The maximum atomic E-state index is 13.0. The third-order valence-electron chi connectivity index (χ3n) is 5.11. The SMILES string of the molecule is CC(C)(C)c1cccc(OCC(=O)NCc2ccccc2S(=O)(=O)N2CCOCC2)c1. The molecule has 0 radical (unpaired) electrons. The number of carbonyl (C=O) groups is 1. The van der Waals surface area contributed by atoms with Crippen molar-refractivity contribution in [3.05, 3.63) is 59.7 Å². The van der Waals surface area contributed by atoms with Crippen LogP contribution in [0.1, 0.15) is 31.9 Å². The van der Waals surface area contributed by atoms with Gasteiger partial charge in [0.15, 0.2) is 6.61 Å². The van der Waals surface area contributed by atoms with Crippen LogP contribution < -0.4 is 10.1 Å². The van der Waals surface area contributed by atoms with Gasteiger partial charge in [-0.15, -0.1) is 0 Å². The summed E-state index contributed by atoms with van der Waals surface area (Å²) in [5.74, 6) is 0.303. The van der Waals surface area contributed by atoms with Crippen molar-refractivity contribution in [3.63, 3.8) is 0 Å². The largest absolute Gasteiger partial charge is 0.484 e. The fourth-order valence-electron chi connectivity index (χ4n) is 3.27. The molecule has 1 N–H and O–H groups in total. The lowest BCUT2D eigenvalue weighted by atomic mass is 9.87. The van der Waals surface area contributed by atoms with Gasteiger partial charge in [-0.3, -0.25) is 4.79 Å². The summed E-state index contributed by atoms with van der Waals surface area (Å²) in [5, 5.41) is 2.76. The van der Waals surface area contributed by atoms with E-state index in [1.54, 1.807) is 24.3 Å². The number of hydrogen-bond acceptors (Lipinski definition) is 5. The van der Waals surface area contributed by atoms with Gasteiger partial charge in [-0.1, -0.05) is 51.1 Å². The highest BCUT2D eigenvalue weighted by molar-refractivity contribution is 7.89. The summed E-state index contributed by atoms with van der Waals surface area (Å²) in [6, 6.07) is 14.4. The van der Waals surface area contributed by atoms with E-state index in [0.717, 1.165) is 5.56 Å². The monoisotopic (exact) mass is 446 g/mol. The van der Waals surface area contributed by atoms with E-state index in [9.17, 15) is 13.2 Å². The molecule has 0 saturated carbocycles. The van der Waals surface area contributed by atoms with Crippen molar-refractivity contribution in [2.24, 2.45) is 0 Å². The lowest BCUT2D eigenvalue weighted by Gasteiger charge is -2.27. The maximum Gasteiger partial charge on any atom is 0.258 e. The smallest absolute Gasteiger partial charge is 0.258 e. The normalized spacial score (nSPS) is 15.5. The molecule has 0 atom stereocenters. The molecule has 0 spiro atoms. The number of amides is 1. The lowest BCUT2D eigenvalue weighted by molar-refractivity contribution is -0.123. The van der Waals surface area contributed by atoms with Crippen molar-refractivity contribution in [1.29, 1.82) is 0 Å². The summed E-state index contributed by atoms with van der Waals surface area (Å²) in [4.78, 5) is 12.5. The number of ether oxygens (including phenoxy) is 2. The summed E-state index contributed by atoms with van der Waals surface area (Å²) in [6.07, 6.45) is 0. The maximum absolute atomic E-state index is 13.0. The topological polar surface area (TPSA) is 84.9 Å². The van der Waals surface area contributed by atoms with Gasteiger partial charge in [0, 0.05) is 19.6 Å². The third-order valence-corrected chi connectivity index (χ3v) is 7.11. The Morgan fingerprint density at radius 2 is 1.81 bits per heavy atom. The van der Waals surface area contributed by atoms with Gasteiger partial charge in [-0.05, 0) is 34.7 Å². The molecule has 0 aromatic heterocycles. The second-order valence-electron chi connectivity index (χ2n) is 8.47. The lowest BCUT2D eigenvalue weighted by Crippen LogP contribution is -2.41. The first kappa shape index (κ1) is 23.2. The van der Waals surface area contributed by atoms with E-state index in [-0.39, 0.29) is 29.4 Å². The van der Waals surface area contributed by atoms with E-state index in [1.807, 2.05) is 24.3 Å². The summed E-state index contributed by atoms with van der Waals surface area (Å²) in [5.41, 5.74) is 1.64. The number of sulfonamides is 1. The molecule has 168 valence electrons. The van der Waals surface area contributed by atoms with E-state index in [2.05, 4.69) is 26.1 Å². The van der Waals surface area contributed by atoms with Crippen LogP contribution in [-0.2, 0) is 31.5 Å². The van der Waals surface area contributed by atoms with Crippen LogP contribution in [0, 0.1) is 0 Å². The number of carbonyl (C=O) groups excluding carboxylic acids is 1. The highest BCUT2D eigenvalue weighted by Gasteiger charge is 2.28. The number of rotatable bonds is 7. The van der Waals surface area contributed by atoms with Crippen LogP contribution in [0.3, 0.4) is 0 Å². The van der Waals surface area contributed by atoms with Crippen LogP contribution in [0.25, 0.3) is 0 Å². The number of benzene rings is 2. The number of morpholine rings is 1. The molecule has 1 amide bonds.